The minimum Gasteiger partial charge on any atom is -0.506 e. The molecule has 2 aromatic rings. The molecule has 6 heteroatoms. The molecule has 0 aliphatic carbocycles. The number of phenols is 1. The first-order valence-corrected chi connectivity index (χ1v) is 6.51. The Morgan fingerprint density at radius 1 is 1.33 bits per heavy atom. The molecule has 0 heterocycles. The van der Waals surface area contributed by atoms with Gasteiger partial charge in [0.25, 0.3) is 5.91 Å². The number of phenolic OH excluding ortho intramolecular Hbond substituents is 1. The van der Waals surface area contributed by atoms with E-state index in [9.17, 15) is 9.90 Å². The monoisotopic (exact) mass is 287 g/mol. The number of rotatable bonds is 4. The highest BCUT2D eigenvalue weighted by Crippen LogP contribution is 2.28. The van der Waals surface area contributed by atoms with E-state index in [0.717, 1.165) is 5.39 Å². The molecule has 0 aliphatic rings. The lowest BCUT2D eigenvalue weighted by Gasteiger charge is -2.14. The van der Waals surface area contributed by atoms with E-state index in [2.05, 4.69) is 10.5 Å². The fourth-order valence-electron chi connectivity index (χ4n) is 2.15. The molecule has 0 saturated carbocycles. The Hall–Kier alpha value is -2.76. The van der Waals surface area contributed by atoms with Gasteiger partial charge in [0.1, 0.15) is 11.6 Å². The third-order valence-corrected chi connectivity index (χ3v) is 3.17. The predicted octanol–water partition coefficient (Wildman–Crippen LogP) is 1.80. The quantitative estimate of drug-likeness (QED) is 0.297. The average molecular weight is 287 g/mol. The van der Waals surface area contributed by atoms with Crippen LogP contribution in [-0.4, -0.2) is 28.1 Å². The zero-order valence-electron chi connectivity index (χ0n) is 11.6. The van der Waals surface area contributed by atoms with E-state index in [1.165, 1.54) is 0 Å². The molecule has 2 rings (SSSR count). The van der Waals surface area contributed by atoms with Crippen molar-refractivity contribution in [2.75, 3.05) is 0 Å². The van der Waals surface area contributed by atoms with Crippen molar-refractivity contribution in [1.29, 1.82) is 0 Å². The summed E-state index contributed by atoms with van der Waals surface area (Å²) in [6.45, 7) is 1.73. The number of carbonyl (C=O) groups is 1. The Morgan fingerprint density at radius 2 is 2.05 bits per heavy atom. The Bertz CT molecular complexity index is 698. The third kappa shape index (κ3) is 3.22. The molecule has 1 amide bonds. The molecule has 0 aliphatic heterocycles. The molecule has 1 unspecified atom stereocenters. The number of amidine groups is 1. The number of benzene rings is 2. The number of nitrogens with one attached hydrogen (secondary N) is 1. The lowest BCUT2D eigenvalue weighted by molar-refractivity contribution is 0.0938. The first-order chi connectivity index (χ1) is 10.0. The maximum Gasteiger partial charge on any atom is 0.255 e. The van der Waals surface area contributed by atoms with Crippen molar-refractivity contribution < 1.29 is 15.1 Å². The van der Waals surface area contributed by atoms with Gasteiger partial charge in [0, 0.05) is 17.8 Å². The molecule has 21 heavy (non-hydrogen) atoms. The highest BCUT2D eigenvalue weighted by molar-refractivity contribution is 6.03. The summed E-state index contributed by atoms with van der Waals surface area (Å²) in [4.78, 5) is 12.2. The van der Waals surface area contributed by atoms with Gasteiger partial charge in [0.15, 0.2) is 0 Å². The zero-order chi connectivity index (χ0) is 15.4. The number of hydrogen-bond donors (Lipinski definition) is 4. The number of nitrogens with two attached hydrogens (primary N) is 1. The van der Waals surface area contributed by atoms with Crippen LogP contribution in [0.1, 0.15) is 23.7 Å². The van der Waals surface area contributed by atoms with Crippen LogP contribution in [0.5, 0.6) is 5.75 Å². The molecule has 1 atom stereocenters. The van der Waals surface area contributed by atoms with Crippen LogP contribution in [0.4, 0.5) is 0 Å². The second-order valence-corrected chi connectivity index (χ2v) is 4.85. The standard InChI is InChI=1S/C15H17N3O3/c1-9(8-13(16)18-21)17-15(20)12-7-6-10-4-2-3-5-11(10)14(12)19/h2-7,9,19,21H,8H2,1H3,(H2,16,18)(H,17,20). The van der Waals surface area contributed by atoms with E-state index in [1.807, 2.05) is 12.1 Å². The first kappa shape index (κ1) is 14.6. The lowest BCUT2D eigenvalue weighted by Crippen LogP contribution is -2.35. The fourth-order valence-corrected chi connectivity index (χ4v) is 2.15. The molecule has 0 aromatic heterocycles. The SMILES string of the molecule is CC(CC(N)=NO)NC(=O)c1ccc2ccccc2c1O. The van der Waals surface area contributed by atoms with Gasteiger partial charge < -0.3 is 21.4 Å². The molecular formula is C15H17N3O3. The Labute approximate surface area is 121 Å². The van der Waals surface area contributed by atoms with Crippen LogP contribution in [0.3, 0.4) is 0 Å². The van der Waals surface area contributed by atoms with Gasteiger partial charge in [-0.25, -0.2) is 0 Å². The van der Waals surface area contributed by atoms with Crippen LogP contribution in [0.25, 0.3) is 10.8 Å². The van der Waals surface area contributed by atoms with E-state index >= 15 is 0 Å². The molecule has 2 aromatic carbocycles. The average Bonchev–Trinajstić information content (AvgIpc) is 2.47. The van der Waals surface area contributed by atoms with Gasteiger partial charge in [-0.3, -0.25) is 4.79 Å². The van der Waals surface area contributed by atoms with Gasteiger partial charge in [0.2, 0.25) is 0 Å². The van der Waals surface area contributed by atoms with E-state index in [0.29, 0.717) is 5.39 Å². The predicted molar refractivity (Wildman–Crippen MR) is 80.6 cm³/mol. The van der Waals surface area contributed by atoms with Gasteiger partial charge in [-0.2, -0.15) is 0 Å². The Balaban J connectivity index is 2.22. The number of carbonyl (C=O) groups excluding carboxylic acids is 1. The van der Waals surface area contributed by atoms with Crippen molar-refractivity contribution in [3.63, 3.8) is 0 Å². The minimum atomic E-state index is -0.406. The minimum absolute atomic E-state index is 0.0329. The summed E-state index contributed by atoms with van der Waals surface area (Å²) in [6, 6.07) is 10.3. The molecule has 0 fully saturated rings. The second-order valence-electron chi connectivity index (χ2n) is 4.85. The smallest absolute Gasteiger partial charge is 0.255 e. The van der Waals surface area contributed by atoms with Crippen molar-refractivity contribution in [3.05, 3.63) is 42.0 Å². The number of amides is 1. The molecule has 5 N–H and O–H groups in total. The van der Waals surface area contributed by atoms with Crippen LogP contribution < -0.4 is 11.1 Å². The van der Waals surface area contributed by atoms with Crippen molar-refractivity contribution in [2.45, 2.75) is 19.4 Å². The van der Waals surface area contributed by atoms with E-state index in [-0.39, 0.29) is 29.6 Å². The van der Waals surface area contributed by atoms with E-state index in [4.69, 9.17) is 10.9 Å². The highest BCUT2D eigenvalue weighted by atomic mass is 16.4. The summed E-state index contributed by atoms with van der Waals surface area (Å²) < 4.78 is 0. The molecule has 0 saturated heterocycles. The number of nitrogens with zero attached hydrogens (tertiary/aromatic N) is 1. The molecule has 0 spiro atoms. The Kier molecular flexibility index (Phi) is 4.27. The largest absolute Gasteiger partial charge is 0.506 e. The molecular weight excluding hydrogens is 270 g/mol. The van der Waals surface area contributed by atoms with E-state index < -0.39 is 5.91 Å². The van der Waals surface area contributed by atoms with E-state index in [1.54, 1.807) is 31.2 Å². The van der Waals surface area contributed by atoms with Gasteiger partial charge in [-0.05, 0) is 18.4 Å². The van der Waals surface area contributed by atoms with Crippen LogP contribution in [0, 0.1) is 0 Å². The van der Waals surface area contributed by atoms with Crippen LogP contribution >= 0.6 is 0 Å². The van der Waals surface area contributed by atoms with Gasteiger partial charge in [0.05, 0.1) is 5.56 Å². The summed E-state index contributed by atoms with van der Waals surface area (Å²) in [5.41, 5.74) is 5.59. The number of fused-ring (bicyclic) bond motifs is 1. The maximum absolute atomic E-state index is 12.2. The van der Waals surface area contributed by atoms with Crippen molar-refractivity contribution in [1.82, 2.24) is 5.32 Å². The maximum atomic E-state index is 12.2. The topological polar surface area (TPSA) is 108 Å². The molecule has 6 nitrogen and oxygen atoms in total. The second kappa shape index (κ2) is 6.13. The summed E-state index contributed by atoms with van der Waals surface area (Å²) in [5, 5.41) is 25.8. The highest BCUT2D eigenvalue weighted by Gasteiger charge is 2.16. The van der Waals surface area contributed by atoms with Gasteiger partial charge in [-0.1, -0.05) is 35.5 Å². The number of aromatic hydroxyl groups is 1. The summed E-state index contributed by atoms with van der Waals surface area (Å²) in [6.07, 6.45) is 0.219. The van der Waals surface area contributed by atoms with Gasteiger partial charge in [-0.15, -0.1) is 0 Å². The fraction of sp³-hybridized carbons (Fsp3) is 0.200. The van der Waals surface area contributed by atoms with Crippen molar-refractivity contribution in [2.24, 2.45) is 10.9 Å². The summed E-state index contributed by atoms with van der Waals surface area (Å²) in [5.74, 6) is -0.427. The molecule has 0 bridgehead atoms. The van der Waals surface area contributed by atoms with Crippen LogP contribution in [0.15, 0.2) is 41.6 Å². The zero-order valence-corrected chi connectivity index (χ0v) is 11.6. The molecule has 0 radical (unpaired) electrons. The molecule has 110 valence electrons. The number of hydrogen-bond acceptors (Lipinski definition) is 4. The van der Waals surface area contributed by atoms with Crippen LogP contribution in [0.2, 0.25) is 0 Å². The lowest BCUT2D eigenvalue weighted by atomic mass is 10.0. The summed E-state index contributed by atoms with van der Waals surface area (Å²) in [7, 11) is 0. The summed E-state index contributed by atoms with van der Waals surface area (Å²) >= 11 is 0. The Morgan fingerprint density at radius 3 is 2.76 bits per heavy atom. The normalized spacial score (nSPS) is 13.1. The van der Waals surface area contributed by atoms with Crippen LogP contribution in [-0.2, 0) is 0 Å². The first-order valence-electron chi connectivity index (χ1n) is 6.51. The third-order valence-electron chi connectivity index (χ3n) is 3.17. The van der Waals surface area contributed by atoms with Gasteiger partial charge >= 0.3 is 0 Å². The van der Waals surface area contributed by atoms with Crippen molar-refractivity contribution >= 4 is 22.5 Å². The van der Waals surface area contributed by atoms with Crippen molar-refractivity contribution in [3.8, 4) is 5.75 Å². The number of oxime groups is 1.